The predicted octanol–water partition coefficient (Wildman–Crippen LogP) is 1.05. The molecule has 20 heavy (non-hydrogen) atoms. The number of hydrogen-bond acceptors (Lipinski definition) is 4. The van der Waals surface area contributed by atoms with Crippen LogP contribution in [0.25, 0.3) is 0 Å². The summed E-state index contributed by atoms with van der Waals surface area (Å²) in [5.41, 5.74) is -0.278. The Hall–Kier alpha value is -2.37. The van der Waals surface area contributed by atoms with E-state index >= 15 is 0 Å². The summed E-state index contributed by atoms with van der Waals surface area (Å²) in [6.07, 6.45) is 1.01. The van der Waals surface area contributed by atoms with Crippen molar-refractivity contribution in [2.75, 3.05) is 7.11 Å². The summed E-state index contributed by atoms with van der Waals surface area (Å²) < 4.78 is 5.21. The SMILES string of the molecule is COc1ccccc1CN1C(=O)NC(=O)C2(CC2)C1=O. The first kappa shape index (κ1) is 12.7. The second-order valence-corrected chi connectivity index (χ2v) is 5.04. The quantitative estimate of drug-likeness (QED) is 0.836. The molecule has 1 saturated heterocycles. The molecule has 2 aliphatic rings. The topological polar surface area (TPSA) is 75.7 Å². The van der Waals surface area contributed by atoms with Crippen LogP contribution in [0.3, 0.4) is 0 Å². The number of urea groups is 1. The van der Waals surface area contributed by atoms with E-state index in [-0.39, 0.29) is 6.54 Å². The second kappa shape index (κ2) is 4.33. The predicted molar refractivity (Wildman–Crippen MR) is 68.7 cm³/mol. The molecule has 0 unspecified atom stereocenters. The van der Waals surface area contributed by atoms with Crippen LogP contribution in [0.15, 0.2) is 24.3 Å². The van der Waals surface area contributed by atoms with Gasteiger partial charge in [0.05, 0.1) is 13.7 Å². The number of barbiturate groups is 1. The zero-order valence-corrected chi connectivity index (χ0v) is 11.0. The van der Waals surface area contributed by atoms with Crippen LogP contribution in [0.5, 0.6) is 5.75 Å². The molecular formula is C14H14N2O4. The molecule has 2 fully saturated rings. The Kier molecular flexibility index (Phi) is 2.74. The van der Waals surface area contributed by atoms with E-state index in [1.54, 1.807) is 12.1 Å². The Morgan fingerprint density at radius 2 is 1.95 bits per heavy atom. The number of carbonyl (C=O) groups is 3. The number of amides is 4. The lowest BCUT2D eigenvalue weighted by Gasteiger charge is -2.30. The summed E-state index contributed by atoms with van der Waals surface area (Å²) in [5, 5.41) is 2.26. The number of imide groups is 2. The van der Waals surface area contributed by atoms with Crippen molar-refractivity contribution in [1.82, 2.24) is 10.2 Å². The normalized spacial score (nSPS) is 20.1. The lowest BCUT2D eigenvalue weighted by Crippen LogP contribution is -2.58. The molecule has 6 heteroatoms. The van der Waals surface area contributed by atoms with Gasteiger partial charge in [-0.2, -0.15) is 0 Å². The van der Waals surface area contributed by atoms with Gasteiger partial charge in [0.15, 0.2) is 0 Å². The number of carbonyl (C=O) groups excluding carboxylic acids is 3. The molecule has 1 aromatic rings. The summed E-state index contributed by atoms with van der Waals surface area (Å²) in [5.74, 6) is -0.268. The van der Waals surface area contributed by atoms with E-state index in [2.05, 4.69) is 5.32 Å². The number of methoxy groups -OCH3 is 1. The highest BCUT2D eigenvalue weighted by atomic mass is 16.5. The lowest BCUT2D eigenvalue weighted by atomic mass is 10.0. The maximum atomic E-state index is 12.3. The Bertz CT molecular complexity index is 607. The van der Waals surface area contributed by atoms with E-state index in [1.165, 1.54) is 7.11 Å². The molecule has 0 atom stereocenters. The van der Waals surface area contributed by atoms with Gasteiger partial charge in [-0.3, -0.25) is 19.8 Å². The van der Waals surface area contributed by atoms with Crippen molar-refractivity contribution in [3.8, 4) is 5.75 Å². The van der Waals surface area contributed by atoms with Gasteiger partial charge < -0.3 is 4.74 Å². The molecule has 4 amide bonds. The highest BCUT2D eigenvalue weighted by molar-refractivity contribution is 6.20. The summed E-state index contributed by atoms with van der Waals surface area (Å²) in [6, 6.07) is 6.51. The fourth-order valence-electron chi connectivity index (χ4n) is 2.45. The van der Waals surface area contributed by atoms with E-state index in [0.29, 0.717) is 18.6 Å². The average molecular weight is 274 g/mol. The molecule has 1 spiro atoms. The fraction of sp³-hybridized carbons (Fsp3) is 0.357. The van der Waals surface area contributed by atoms with Crippen molar-refractivity contribution in [2.45, 2.75) is 19.4 Å². The minimum absolute atomic E-state index is 0.101. The average Bonchev–Trinajstić information content (AvgIpc) is 3.24. The monoisotopic (exact) mass is 274 g/mol. The van der Waals surface area contributed by atoms with Crippen LogP contribution >= 0.6 is 0 Å². The van der Waals surface area contributed by atoms with E-state index in [9.17, 15) is 14.4 Å². The van der Waals surface area contributed by atoms with Crippen molar-refractivity contribution >= 4 is 17.8 Å². The van der Waals surface area contributed by atoms with Crippen LogP contribution in [0.2, 0.25) is 0 Å². The van der Waals surface area contributed by atoms with Crippen molar-refractivity contribution in [3.05, 3.63) is 29.8 Å². The zero-order chi connectivity index (χ0) is 14.3. The number of benzene rings is 1. The summed E-state index contributed by atoms with van der Waals surface area (Å²) >= 11 is 0. The number of rotatable bonds is 3. The molecule has 6 nitrogen and oxygen atoms in total. The molecule has 3 rings (SSSR count). The first-order valence-electron chi connectivity index (χ1n) is 6.38. The smallest absolute Gasteiger partial charge is 0.331 e. The molecule has 1 N–H and O–H groups in total. The van der Waals surface area contributed by atoms with Crippen molar-refractivity contribution in [3.63, 3.8) is 0 Å². The Balaban J connectivity index is 1.88. The van der Waals surface area contributed by atoms with E-state index in [4.69, 9.17) is 4.74 Å². The minimum Gasteiger partial charge on any atom is -0.496 e. The van der Waals surface area contributed by atoms with Crippen molar-refractivity contribution in [2.24, 2.45) is 5.41 Å². The van der Waals surface area contributed by atoms with E-state index < -0.39 is 23.3 Å². The third-order valence-electron chi connectivity index (χ3n) is 3.83. The summed E-state index contributed by atoms with van der Waals surface area (Å²) in [4.78, 5) is 37.0. The Morgan fingerprint density at radius 1 is 1.25 bits per heavy atom. The molecular weight excluding hydrogens is 260 g/mol. The number of nitrogens with one attached hydrogen (secondary N) is 1. The van der Waals surface area contributed by atoms with E-state index in [0.717, 1.165) is 10.5 Å². The van der Waals surface area contributed by atoms with Gasteiger partial charge in [0.1, 0.15) is 11.2 Å². The van der Waals surface area contributed by atoms with Gasteiger partial charge in [-0.1, -0.05) is 18.2 Å². The molecule has 1 aliphatic heterocycles. The van der Waals surface area contributed by atoms with Crippen LogP contribution in [-0.4, -0.2) is 29.9 Å². The zero-order valence-electron chi connectivity index (χ0n) is 11.0. The van der Waals surface area contributed by atoms with Crippen LogP contribution in [0, 0.1) is 5.41 Å². The van der Waals surface area contributed by atoms with Gasteiger partial charge in [-0.25, -0.2) is 4.79 Å². The van der Waals surface area contributed by atoms with Gasteiger partial charge in [0.2, 0.25) is 11.8 Å². The van der Waals surface area contributed by atoms with Crippen LogP contribution in [0.4, 0.5) is 4.79 Å². The highest BCUT2D eigenvalue weighted by Gasteiger charge is 2.62. The first-order chi connectivity index (χ1) is 9.58. The standard InChI is InChI=1S/C14H14N2O4/c1-20-10-5-3-2-4-9(10)8-16-12(18)14(6-7-14)11(17)15-13(16)19/h2-5H,6-8H2,1H3,(H,15,17,19). The van der Waals surface area contributed by atoms with Crippen LogP contribution < -0.4 is 10.1 Å². The third kappa shape index (κ3) is 1.76. The lowest BCUT2D eigenvalue weighted by molar-refractivity contribution is -0.145. The highest BCUT2D eigenvalue weighted by Crippen LogP contribution is 2.49. The molecule has 0 aromatic heterocycles. The van der Waals surface area contributed by atoms with Crippen molar-refractivity contribution in [1.29, 1.82) is 0 Å². The fourth-order valence-corrected chi connectivity index (χ4v) is 2.45. The van der Waals surface area contributed by atoms with Crippen LogP contribution in [0.1, 0.15) is 18.4 Å². The molecule has 104 valence electrons. The summed E-state index contributed by atoms with van der Waals surface area (Å²) in [7, 11) is 1.53. The molecule has 0 radical (unpaired) electrons. The van der Waals surface area contributed by atoms with Gasteiger partial charge >= 0.3 is 6.03 Å². The van der Waals surface area contributed by atoms with Gasteiger partial charge in [0, 0.05) is 5.56 Å². The number of nitrogens with zero attached hydrogens (tertiary/aromatic N) is 1. The summed E-state index contributed by atoms with van der Waals surface area (Å²) in [6.45, 7) is 0.101. The molecule has 1 saturated carbocycles. The maximum absolute atomic E-state index is 12.3. The second-order valence-electron chi connectivity index (χ2n) is 5.04. The maximum Gasteiger partial charge on any atom is 0.331 e. The Labute approximate surface area is 115 Å². The number of para-hydroxylation sites is 1. The molecule has 0 bridgehead atoms. The number of hydrogen-bond donors (Lipinski definition) is 1. The largest absolute Gasteiger partial charge is 0.496 e. The van der Waals surface area contributed by atoms with Gasteiger partial charge in [-0.05, 0) is 18.9 Å². The van der Waals surface area contributed by atoms with Gasteiger partial charge in [0.25, 0.3) is 0 Å². The minimum atomic E-state index is -1.00. The van der Waals surface area contributed by atoms with E-state index in [1.807, 2.05) is 12.1 Å². The molecule has 1 aromatic carbocycles. The Morgan fingerprint density at radius 3 is 2.60 bits per heavy atom. The third-order valence-corrected chi connectivity index (χ3v) is 3.83. The molecule has 1 heterocycles. The molecule has 1 aliphatic carbocycles. The van der Waals surface area contributed by atoms with Crippen LogP contribution in [-0.2, 0) is 16.1 Å². The first-order valence-corrected chi connectivity index (χ1v) is 6.38. The van der Waals surface area contributed by atoms with Gasteiger partial charge in [-0.15, -0.1) is 0 Å². The van der Waals surface area contributed by atoms with Crippen molar-refractivity contribution < 1.29 is 19.1 Å². The number of ether oxygens (including phenoxy) is 1.